The lowest BCUT2D eigenvalue weighted by Crippen LogP contribution is -1.62. The molecule has 194 valence electrons. The minimum absolute atomic E-state index is 0. The second-order valence-electron chi connectivity index (χ2n) is 9.28. The smallest absolute Gasteiger partial charge is 0.0355 e. The molecule has 0 amide bonds. The summed E-state index contributed by atoms with van der Waals surface area (Å²) in [7, 11) is 0. The predicted octanol–water partition coefficient (Wildman–Crippen LogP) is 12.8. The van der Waals surface area contributed by atoms with Crippen molar-refractivity contribution in [3.63, 3.8) is 0 Å². The highest BCUT2D eigenvalue weighted by Crippen LogP contribution is 2.34. The van der Waals surface area contributed by atoms with Crippen LogP contribution in [0.4, 0.5) is 0 Å². The molecule has 0 aliphatic rings. The van der Waals surface area contributed by atoms with Crippen LogP contribution in [0.25, 0.3) is 60.5 Å². The van der Waals surface area contributed by atoms with E-state index in [0.717, 1.165) is 0 Å². The molecule has 9 aromatic rings. The molecule has 3 aromatic heterocycles. The molecule has 0 bridgehead atoms. The van der Waals surface area contributed by atoms with E-state index in [1.165, 1.54) is 60.5 Å². The van der Waals surface area contributed by atoms with E-state index < -0.39 is 0 Å². The third-order valence-electron chi connectivity index (χ3n) is 6.85. The lowest BCUT2D eigenvalue weighted by molar-refractivity contribution is 1.84. The predicted molar refractivity (Wildman–Crippen MR) is 185 cm³/mol. The normalized spacial score (nSPS) is 10.8. The monoisotopic (exact) mass is 568 g/mol. The lowest BCUT2D eigenvalue weighted by atomic mass is 10.2. The number of hydrogen-bond acceptors (Lipinski definition) is 3. The fraction of sp³-hybridized carbons (Fsp3) is 0.0270. The molecule has 0 aliphatic carbocycles. The highest BCUT2D eigenvalue weighted by atomic mass is 32.1. The van der Waals surface area contributed by atoms with Gasteiger partial charge in [-0.3, -0.25) is 0 Å². The lowest BCUT2D eigenvalue weighted by Gasteiger charge is -1.88. The molecule has 0 N–H and O–H groups in total. The van der Waals surface area contributed by atoms with Crippen LogP contribution < -0.4 is 0 Å². The number of hydrogen-bond donors (Lipinski definition) is 0. The summed E-state index contributed by atoms with van der Waals surface area (Å²) in [6.45, 7) is 0. The maximum Gasteiger partial charge on any atom is 0.0355 e. The van der Waals surface area contributed by atoms with E-state index in [4.69, 9.17) is 0 Å². The maximum absolute atomic E-state index is 2.19. The quantitative estimate of drug-likeness (QED) is 0.171. The van der Waals surface area contributed by atoms with Gasteiger partial charge in [-0.05, 0) is 36.4 Å². The Hall–Kier alpha value is -4.02. The van der Waals surface area contributed by atoms with Gasteiger partial charge in [0.25, 0.3) is 0 Å². The highest BCUT2D eigenvalue weighted by molar-refractivity contribution is 7.26. The first-order valence-electron chi connectivity index (χ1n) is 12.9. The Kier molecular flexibility index (Phi) is 7.61. The van der Waals surface area contributed by atoms with Crippen LogP contribution >= 0.6 is 34.0 Å². The average Bonchev–Trinajstić information content (AvgIpc) is 3.69. The second kappa shape index (κ2) is 11.6. The zero-order valence-electron chi connectivity index (χ0n) is 21.1. The highest BCUT2D eigenvalue weighted by Gasteiger charge is 2.03. The van der Waals surface area contributed by atoms with Crippen molar-refractivity contribution in [2.75, 3.05) is 0 Å². The van der Waals surface area contributed by atoms with E-state index in [9.17, 15) is 0 Å². The molecule has 40 heavy (non-hydrogen) atoms. The van der Waals surface area contributed by atoms with Crippen LogP contribution in [-0.4, -0.2) is 0 Å². The van der Waals surface area contributed by atoms with Gasteiger partial charge in [0, 0.05) is 60.5 Å². The van der Waals surface area contributed by atoms with Gasteiger partial charge in [0.2, 0.25) is 0 Å². The minimum Gasteiger partial charge on any atom is -0.135 e. The van der Waals surface area contributed by atoms with E-state index >= 15 is 0 Å². The SMILES string of the molecule is C.c1ccc2c(c1)sc1ccccc12.c1ccc2c(c1)sc1ccccc12.c1ccc2c(c1)sc1ccccc12. The van der Waals surface area contributed by atoms with E-state index in [1.54, 1.807) is 0 Å². The Morgan fingerprint density at radius 2 is 0.375 bits per heavy atom. The van der Waals surface area contributed by atoms with Crippen molar-refractivity contribution in [2.45, 2.75) is 7.43 Å². The summed E-state index contributed by atoms with van der Waals surface area (Å²) in [5.41, 5.74) is 0. The first-order valence-corrected chi connectivity index (χ1v) is 15.4. The molecule has 0 spiro atoms. The van der Waals surface area contributed by atoms with Crippen molar-refractivity contribution in [2.24, 2.45) is 0 Å². The maximum atomic E-state index is 2.19. The van der Waals surface area contributed by atoms with Crippen molar-refractivity contribution in [1.29, 1.82) is 0 Å². The van der Waals surface area contributed by atoms with Gasteiger partial charge < -0.3 is 0 Å². The van der Waals surface area contributed by atoms with E-state index in [-0.39, 0.29) is 7.43 Å². The van der Waals surface area contributed by atoms with E-state index in [2.05, 4.69) is 146 Å². The largest absolute Gasteiger partial charge is 0.135 e. The van der Waals surface area contributed by atoms with Crippen molar-refractivity contribution < 1.29 is 0 Å². The van der Waals surface area contributed by atoms with Gasteiger partial charge in [0.15, 0.2) is 0 Å². The molecule has 0 unspecified atom stereocenters. The van der Waals surface area contributed by atoms with E-state index in [1.807, 2.05) is 34.0 Å². The number of benzene rings is 6. The molecular weight excluding hydrogens is 541 g/mol. The van der Waals surface area contributed by atoms with Crippen molar-refractivity contribution in [3.8, 4) is 0 Å². The summed E-state index contributed by atoms with van der Waals surface area (Å²) in [6.07, 6.45) is 0. The number of rotatable bonds is 0. The summed E-state index contributed by atoms with van der Waals surface area (Å²) in [4.78, 5) is 0. The van der Waals surface area contributed by atoms with Crippen LogP contribution in [0.3, 0.4) is 0 Å². The van der Waals surface area contributed by atoms with Crippen molar-refractivity contribution in [3.05, 3.63) is 146 Å². The summed E-state index contributed by atoms with van der Waals surface area (Å²) in [5.74, 6) is 0. The molecular formula is C37H28S3. The Balaban J connectivity index is 0.000000107. The molecule has 0 atom stereocenters. The third-order valence-corrected chi connectivity index (χ3v) is 10.3. The van der Waals surface area contributed by atoms with Crippen LogP contribution in [0.1, 0.15) is 7.43 Å². The molecule has 9 rings (SSSR count). The van der Waals surface area contributed by atoms with Crippen LogP contribution in [-0.2, 0) is 0 Å². The second-order valence-corrected chi connectivity index (χ2v) is 12.5. The van der Waals surface area contributed by atoms with Gasteiger partial charge in [-0.1, -0.05) is 117 Å². The van der Waals surface area contributed by atoms with Gasteiger partial charge in [-0.2, -0.15) is 0 Å². The van der Waals surface area contributed by atoms with Gasteiger partial charge in [0.1, 0.15) is 0 Å². The first-order chi connectivity index (χ1) is 19.3. The molecule has 6 aromatic carbocycles. The number of fused-ring (bicyclic) bond motifs is 9. The van der Waals surface area contributed by atoms with Gasteiger partial charge in [-0.15, -0.1) is 34.0 Å². The van der Waals surface area contributed by atoms with Crippen molar-refractivity contribution in [1.82, 2.24) is 0 Å². The fourth-order valence-corrected chi connectivity index (χ4v) is 8.34. The fourth-order valence-electron chi connectivity index (χ4n) is 5.02. The molecule has 3 heteroatoms. The Morgan fingerprint density at radius 3 is 0.550 bits per heavy atom. The molecule has 0 saturated carbocycles. The first kappa shape index (κ1) is 26.2. The zero-order chi connectivity index (χ0) is 26.0. The summed E-state index contributed by atoms with van der Waals surface area (Å²) in [5, 5.41) is 8.27. The summed E-state index contributed by atoms with van der Waals surface area (Å²) < 4.78 is 8.27. The Bertz CT molecular complexity index is 1790. The van der Waals surface area contributed by atoms with Crippen LogP contribution in [0.15, 0.2) is 146 Å². The van der Waals surface area contributed by atoms with Crippen molar-refractivity contribution >= 4 is 94.5 Å². The van der Waals surface area contributed by atoms with Gasteiger partial charge >= 0.3 is 0 Å². The Labute approximate surface area is 246 Å². The molecule has 0 radical (unpaired) electrons. The van der Waals surface area contributed by atoms with Crippen LogP contribution in [0.5, 0.6) is 0 Å². The van der Waals surface area contributed by atoms with Crippen LogP contribution in [0.2, 0.25) is 0 Å². The van der Waals surface area contributed by atoms with E-state index in [0.29, 0.717) is 0 Å². The van der Waals surface area contributed by atoms with Crippen LogP contribution in [0, 0.1) is 0 Å². The molecule has 0 saturated heterocycles. The standard InChI is InChI=1S/3C12H8S.CH4/c3*1-3-7-11-9(5-1)10-6-2-4-8-12(10)13-11;/h3*1-8H;1H4. The summed E-state index contributed by atoms with van der Waals surface area (Å²) in [6, 6.07) is 51.4. The third kappa shape index (κ3) is 5.00. The molecule has 3 heterocycles. The molecule has 0 nitrogen and oxygen atoms in total. The van der Waals surface area contributed by atoms with Gasteiger partial charge in [0.05, 0.1) is 0 Å². The topological polar surface area (TPSA) is 0 Å². The molecule has 0 aliphatic heterocycles. The zero-order valence-corrected chi connectivity index (χ0v) is 23.5. The summed E-state index contributed by atoms with van der Waals surface area (Å²) >= 11 is 5.58. The number of thiophene rings is 3. The Morgan fingerprint density at radius 1 is 0.225 bits per heavy atom. The molecule has 0 fully saturated rings. The average molecular weight is 569 g/mol. The minimum atomic E-state index is 0. The van der Waals surface area contributed by atoms with Gasteiger partial charge in [-0.25, -0.2) is 0 Å².